The SMILES string of the molecule is COc1ccc2nc(N3CCN(CCNC(=O)c4ccc(S(=O)(=O)N(C)C)cc4)CC3)sc2c1. The fourth-order valence-corrected chi connectivity index (χ4v) is 5.68. The van der Waals surface area contributed by atoms with E-state index in [4.69, 9.17) is 9.72 Å². The van der Waals surface area contributed by atoms with Crippen LogP contribution in [0.1, 0.15) is 10.4 Å². The number of hydrogen-bond donors (Lipinski definition) is 1. The number of anilines is 1. The normalized spacial score (nSPS) is 15.1. The van der Waals surface area contributed by atoms with Crippen molar-refractivity contribution in [1.82, 2.24) is 19.5 Å². The number of carbonyl (C=O) groups excluding carboxylic acids is 1. The summed E-state index contributed by atoms with van der Waals surface area (Å²) in [6, 6.07) is 11.9. The molecule has 2 heterocycles. The van der Waals surface area contributed by atoms with Crippen molar-refractivity contribution in [2.45, 2.75) is 4.90 Å². The van der Waals surface area contributed by atoms with Gasteiger partial charge in [0.15, 0.2) is 5.13 Å². The van der Waals surface area contributed by atoms with Gasteiger partial charge in [0, 0.05) is 58.9 Å². The molecule has 0 aliphatic carbocycles. The molecule has 11 heteroatoms. The molecule has 3 aromatic rings. The van der Waals surface area contributed by atoms with E-state index >= 15 is 0 Å². The van der Waals surface area contributed by atoms with Crippen LogP contribution in [0, 0.1) is 0 Å². The number of nitrogens with zero attached hydrogens (tertiary/aromatic N) is 4. The maximum absolute atomic E-state index is 12.4. The summed E-state index contributed by atoms with van der Waals surface area (Å²) in [5, 5.41) is 3.95. The summed E-state index contributed by atoms with van der Waals surface area (Å²) in [5.41, 5.74) is 1.42. The first-order valence-electron chi connectivity index (χ1n) is 11.0. The van der Waals surface area contributed by atoms with Crippen LogP contribution < -0.4 is 15.0 Å². The smallest absolute Gasteiger partial charge is 0.251 e. The van der Waals surface area contributed by atoms with Crippen LogP contribution >= 0.6 is 11.3 Å². The molecule has 2 aromatic carbocycles. The molecule has 0 saturated carbocycles. The summed E-state index contributed by atoms with van der Waals surface area (Å²) in [6.07, 6.45) is 0. The minimum absolute atomic E-state index is 0.166. The van der Waals surface area contributed by atoms with Gasteiger partial charge in [-0.25, -0.2) is 17.7 Å². The van der Waals surface area contributed by atoms with Crippen LogP contribution in [0.5, 0.6) is 5.75 Å². The third kappa shape index (κ3) is 5.33. The third-order valence-electron chi connectivity index (χ3n) is 5.84. The molecule has 1 fully saturated rings. The average molecular weight is 504 g/mol. The number of rotatable bonds is 8. The molecule has 0 spiro atoms. The second-order valence-electron chi connectivity index (χ2n) is 8.23. The Morgan fingerprint density at radius 2 is 1.82 bits per heavy atom. The van der Waals surface area contributed by atoms with Gasteiger partial charge in [0.2, 0.25) is 10.0 Å². The summed E-state index contributed by atoms with van der Waals surface area (Å²) in [7, 11) is 1.12. The highest BCUT2D eigenvalue weighted by Gasteiger charge is 2.20. The highest BCUT2D eigenvalue weighted by molar-refractivity contribution is 7.89. The minimum Gasteiger partial charge on any atom is -0.497 e. The highest BCUT2D eigenvalue weighted by atomic mass is 32.2. The van der Waals surface area contributed by atoms with E-state index in [0.717, 1.165) is 58.1 Å². The fourth-order valence-electron chi connectivity index (χ4n) is 3.74. The zero-order valence-electron chi connectivity index (χ0n) is 19.5. The summed E-state index contributed by atoms with van der Waals surface area (Å²) in [6.45, 7) is 4.83. The lowest BCUT2D eigenvalue weighted by atomic mass is 10.2. The molecule has 182 valence electrons. The Labute approximate surface area is 204 Å². The largest absolute Gasteiger partial charge is 0.497 e. The van der Waals surface area contributed by atoms with Crippen LogP contribution in [0.2, 0.25) is 0 Å². The number of hydrogen-bond acceptors (Lipinski definition) is 8. The van der Waals surface area contributed by atoms with E-state index in [2.05, 4.69) is 15.1 Å². The first-order chi connectivity index (χ1) is 16.3. The van der Waals surface area contributed by atoms with Gasteiger partial charge in [0.1, 0.15) is 5.75 Å². The number of thiazole rings is 1. The summed E-state index contributed by atoms with van der Waals surface area (Å²) >= 11 is 1.68. The molecule has 0 atom stereocenters. The molecule has 1 saturated heterocycles. The van der Waals surface area contributed by atoms with Crippen molar-refractivity contribution < 1.29 is 17.9 Å². The number of benzene rings is 2. The lowest BCUT2D eigenvalue weighted by Gasteiger charge is -2.34. The number of aromatic nitrogens is 1. The Balaban J connectivity index is 1.24. The maximum atomic E-state index is 12.4. The van der Waals surface area contributed by atoms with Crippen molar-refractivity contribution in [1.29, 1.82) is 0 Å². The van der Waals surface area contributed by atoms with Crippen molar-refractivity contribution >= 4 is 42.6 Å². The standard InChI is InChI=1S/C23H29N5O4S2/c1-26(2)34(30,31)19-7-4-17(5-8-19)22(29)24-10-11-27-12-14-28(15-13-27)23-25-20-9-6-18(32-3)16-21(20)33-23/h4-9,16H,10-15H2,1-3H3,(H,24,29). The van der Waals surface area contributed by atoms with E-state index in [1.165, 1.54) is 38.4 Å². The number of methoxy groups -OCH3 is 1. The van der Waals surface area contributed by atoms with Crippen LogP contribution in [0.15, 0.2) is 47.4 Å². The van der Waals surface area contributed by atoms with Crippen LogP contribution in [0.3, 0.4) is 0 Å². The number of ether oxygens (including phenoxy) is 1. The van der Waals surface area contributed by atoms with Gasteiger partial charge in [-0.3, -0.25) is 9.69 Å². The number of amides is 1. The predicted molar refractivity (Wildman–Crippen MR) is 134 cm³/mol. The van der Waals surface area contributed by atoms with E-state index in [-0.39, 0.29) is 10.8 Å². The van der Waals surface area contributed by atoms with Gasteiger partial charge in [-0.15, -0.1) is 0 Å². The van der Waals surface area contributed by atoms with Gasteiger partial charge >= 0.3 is 0 Å². The van der Waals surface area contributed by atoms with Gasteiger partial charge in [0.05, 0.1) is 22.2 Å². The number of nitrogens with one attached hydrogen (secondary N) is 1. The first-order valence-corrected chi connectivity index (χ1v) is 13.3. The molecule has 1 aliphatic heterocycles. The highest BCUT2D eigenvalue weighted by Crippen LogP contribution is 2.31. The van der Waals surface area contributed by atoms with Crippen molar-refractivity contribution in [3.8, 4) is 5.75 Å². The molecule has 9 nitrogen and oxygen atoms in total. The summed E-state index contributed by atoms with van der Waals surface area (Å²) in [5.74, 6) is 0.626. The summed E-state index contributed by atoms with van der Waals surface area (Å²) < 4.78 is 31.9. The van der Waals surface area contributed by atoms with Gasteiger partial charge in [0.25, 0.3) is 5.91 Å². The zero-order valence-corrected chi connectivity index (χ0v) is 21.2. The van der Waals surface area contributed by atoms with Crippen LogP contribution in [-0.2, 0) is 10.0 Å². The van der Waals surface area contributed by atoms with Crippen LogP contribution in [-0.4, -0.2) is 89.0 Å². The van der Waals surface area contributed by atoms with Gasteiger partial charge in [-0.05, 0) is 42.5 Å². The monoisotopic (exact) mass is 503 g/mol. The quantitative estimate of drug-likeness (QED) is 0.503. The van der Waals surface area contributed by atoms with Crippen molar-refractivity contribution in [3.63, 3.8) is 0 Å². The van der Waals surface area contributed by atoms with Crippen LogP contribution in [0.25, 0.3) is 10.2 Å². The minimum atomic E-state index is -3.50. The number of sulfonamides is 1. The Bertz CT molecular complexity index is 1250. The predicted octanol–water partition coefficient (Wildman–Crippen LogP) is 2.11. The van der Waals surface area contributed by atoms with Gasteiger partial charge in [-0.2, -0.15) is 0 Å². The molecule has 1 amide bonds. The molecule has 1 aliphatic rings. The first kappa shape index (κ1) is 24.4. The van der Waals surface area contributed by atoms with E-state index < -0.39 is 10.0 Å². The molecular formula is C23H29N5O4S2. The molecule has 1 aromatic heterocycles. The molecule has 0 radical (unpaired) electrons. The number of carbonyl (C=O) groups is 1. The zero-order chi connectivity index (χ0) is 24.3. The Morgan fingerprint density at radius 3 is 2.47 bits per heavy atom. The third-order valence-corrected chi connectivity index (χ3v) is 8.74. The molecule has 0 unspecified atom stereocenters. The second kappa shape index (κ2) is 10.3. The molecule has 0 bridgehead atoms. The number of fused-ring (bicyclic) bond motifs is 1. The molecule has 34 heavy (non-hydrogen) atoms. The maximum Gasteiger partial charge on any atom is 0.251 e. The lowest BCUT2D eigenvalue weighted by molar-refractivity contribution is 0.0947. The molecule has 1 N–H and O–H groups in total. The average Bonchev–Trinajstić information content (AvgIpc) is 3.27. The Kier molecular flexibility index (Phi) is 7.36. The fraction of sp³-hybridized carbons (Fsp3) is 0.391. The van der Waals surface area contributed by atoms with Crippen molar-refractivity contribution in [3.05, 3.63) is 48.0 Å². The Hall–Kier alpha value is -2.73. The van der Waals surface area contributed by atoms with Crippen LogP contribution in [0.4, 0.5) is 5.13 Å². The second-order valence-corrected chi connectivity index (χ2v) is 11.4. The Morgan fingerprint density at radius 1 is 1.12 bits per heavy atom. The van der Waals surface area contributed by atoms with E-state index in [0.29, 0.717) is 12.1 Å². The van der Waals surface area contributed by atoms with E-state index in [9.17, 15) is 13.2 Å². The molecule has 4 rings (SSSR count). The number of piperazine rings is 1. The van der Waals surface area contributed by atoms with Gasteiger partial charge in [-0.1, -0.05) is 11.3 Å². The van der Waals surface area contributed by atoms with E-state index in [1.54, 1.807) is 18.4 Å². The lowest BCUT2D eigenvalue weighted by Crippen LogP contribution is -2.48. The van der Waals surface area contributed by atoms with Crippen molar-refractivity contribution in [2.24, 2.45) is 0 Å². The summed E-state index contributed by atoms with van der Waals surface area (Å²) in [4.78, 5) is 22.0. The molecular weight excluding hydrogens is 474 g/mol. The van der Waals surface area contributed by atoms with Gasteiger partial charge < -0.3 is 15.0 Å². The topological polar surface area (TPSA) is 95.1 Å². The van der Waals surface area contributed by atoms with Crippen molar-refractivity contribution in [2.75, 3.05) is 65.4 Å². The van der Waals surface area contributed by atoms with E-state index in [1.807, 2.05) is 18.2 Å².